The van der Waals surface area contributed by atoms with Crippen LogP contribution in [-0.4, -0.2) is 37.6 Å². The van der Waals surface area contributed by atoms with Crippen molar-refractivity contribution in [3.8, 4) is 5.75 Å². The third-order valence-corrected chi connectivity index (χ3v) is 5.28. The van der Waals surface area contributed by atoms with E-state index in [-0.39, 0.29) is 11.8 Å². The lowest BCUT2D eigenvalue weighted by Gasteiger charge is -2.22. The Morgan fingerprint density at radius 2 is 2.04 bits per heavy atom. The number of piperidine rings is 1. The molecule has 0 radical (unpaired) electrons. The summed E-state index contributed by atoms with van der Waals surface area (Å²) in [6, 6.07) is 14.7. The van der Waals surface area contributed by atoms with Gasteiger partial charge in [0.2, 0.25) is 0 Å². The molecule has 2 atom stereocenters. The Kier molecular flexibility index (Phi) is 5.58. The maximum atomic E-state index is 12.6. The summed E-state index contributed by atoms with van der Waals surface area (Å²) in [4.78, 5) is 25.0. The molecule has 0 bridgehead atoms. The first kappa shape index (κ1) is 18.5. The molecule has 0 spiro atoms. The monoisotopic (exact) mass is 379 g/mol. The molecular weight excluding hydrogens is 354 g/mol. The number of carbonyl (C=O) groups excluding carboxylic acids is 2. The maximum absolute atomic E-state index is 12.6. The number of rotatable bonds is 5. The normalized spacial score (nSPS) is 20.7. The summed E-state index contributed by atoms with van der Waals surface area (Å²) in [5.41, 5.74) is 2.17. The van der Waals surface area contributed by atoms with Crippen molar-refractivity contribution in [3.63, 3.8) is 0 Å². The van der Waals surface area contributed by atoms with Gasteiger partial charge in [-0.2, -0.15) is 0 Å². The molecule has 2 heterocycles. The number of ether oxygens (including phenoxy) is 1. The number of nitrogens with one attached hydrogen (secondary N) is 3. The van der Waals surface area contributed by atoms with Gasteiger partial charge in [-0.1, -0.05) is 24.3 Å². The highest BCUT2D eigenvalue weighted by molar-refractivity contribution is 5.98. The maximum Gasteiger partial charge on any atom is 0.265 e. The van der Waals surface area contributed by atoms with Crippen LogP contribution >= 0.6 is 0 Å². The van der Waals surface area contributed by atoms with E-state index in [9.17, 15) is 9.59 Å². The third-order valence-electron chi connectivity index (χ3n) is 5.28. The molecule has 2 aromatic rings. The zero-order chi connectivity index (χ0) is 19.3. The molecule has 1 saturated heterocycles. The average molecular weight is 379 g/mol. The minimum absolute atomic E-state index is 0.119. The van der Waals surface area contributed by atoms with Crippen molar-refractivity contribution in [2.45, 2.75) is 25.4 Å². The first-order chi connectivity index (χ1) is 13.7. The van der Waals surface area contributed by atoms with Crippen molar-refractivity contribution in [2.24, 2.45) is 5.92 Å². The summed E-state index contributed by atoms with van der Waals surface area (Å²) in [7, 11) is 0. The fourth-order valence-electron chi connectivity index (χ4n) is 3.73. The highest BCUT2D eigenvalue weighted by Crippen LogP contribution is 2.28. The first-order valence-electron chi connectivity index (χ1n) is 9.83. The van der Waals surface area contributed by atoms with Crippen LogP contribution in [-0.2, 0) is 11.2 Å². The molecule has 2 aromatic carbocycles. The smallest absolute Gasteiger partial charge is 0.265 e. The third kappa shape index (κ3) is 4.34. The van der Waals surface area contributed by atoms with Gasteiger partial charge < -0.3 is 20.7 Å². The van der Waals surface area contributed by atoms with Gasteiger partial charge in [0.15, 0.2) is 6.10 Å². The number of para-hydroxylation sites is 1. The van der Waals surface area contributed by atoms with Crippen molar-refractivity contribution < 1.29 is 14.3 Å². The van der Waals surface area contributed by atoms with Crippen molar-refractivity contribution in [1.29, 1.82) is 0 Å². The van der Waals surface area contributed by atoms with E-state index in [4.69, 9.17) is 4.74 Å². The van der Waals surface area contributed by atoms with Gasteiger partial charge in [-0.05, 0) is 61.7 Å². The van der Waals surface area contributed by atoms with Crippen LogP contribution in [0.4, 0.5) is 5.69 Å². The molecule has 0 aromatic heterocycles. The second-order valence-electron chi connectivity index (χ2n) is 7.41. The minimum atomic E-state index is -0.548. The summed E-state index contributed by atoms with van der Waals surface area (Å²) in [6.45, 7) is 2.67. The van der Waals surface area contributed by atoms with E-state index < -0.39 is 6.10 Å². The highest BCUT2D eigenvalue weighted by Gasteiger charge is 2.28. The van der Waals surface area contributed by atoms with Gasteiger partial charge in [0.1, 0.15) is 5.75 Å². The molecule has 28 heavy (non-hydrogen) atoms. The molecule has 146 valence electrons. The number of hydrogen-bond acceptors (Lipinski definition) is 4. The van der Waals surface area contributed by atoms with Gasteiger partial charge in [-0.3, -0.25) is 9.59 Å². The number of hydrogen-bond donors (Lipinski definition) is 3. The number of benzene rings is 2. The Bertz CT molecular complexity index is 837. The second-order valence-corrected chi connectivity index (χ2v) is 7.41. The predicted molar refractivity (Wildman–Crippen MR) is 108 cm³/mol. The van der Waals surface area contributed by atoms with Gasteiger partial charge in [0.05, 0.1) is 0 Å². The van der Waals surface area contributed by atoms with E-state index in [2.05, 4.69) is 16.0 Å². The first-order valence-corrected chi connectivity index (χ1v) is 9.83. The molecule has 0 saturated carbocycles. The lowest BCUT2D eigenvalue weighted by Crippen LogP contribution is -2.38. The molecule has 4 rings (SSSR count). The standard InChI is InChI=1S/C22H25N3O3/c26-21(24-14-15-5-4-10-23-13-15)17-7-3-8-18(11-17)25-22(27)20-12-16-6-1-2-9-19(16)28-20/h1-3,6-9,11,15,20,23H,4-5,10,12-14H2,(H,24,26)(H,25,27). The minimum Gasteiger partial charge on any atom is -0.480 e. The fourth-order valence-corrected chi connectivity index (χ4v) is 3.73. The van der Waals surface area contributed by atoms with Crippen molar-refractivity contribution in [2.75, 3.05) is 25.0 Å². The van der Waals surface area contributed by atoms with Gasteiger partial charge >= 0.3 is 0 Å². The van der Waals surface area contributed by atoms with Crippen LogP contribution in [0.1, 0.15) is 28.8 Å². The molecule has 6 heteroatoms. The Hall–Kier alpha value is -2.86. The number of fused-ring (bicyclic) bond motifs is 1. The highest BCUT2D eigenvalue weighted by atomic mass is 16.5. The van der Waals surface area contributed by atoms with Crippen LogP contribution in [0, 0.1) is 5.92 Å². The van der Waals surface area contributed by atoms with E-state index in [1.807, 2.05) is 24.3 Å². The molecule has 6 nitrogen and oxygen atoms in total. The Balaban J connectivity index is 1.33. The van der Waals surface area contributed by atoms with Gasteiger partial charge in [0.25, 0.3) is 11.8 Å². The predicted octanol–water partition coefficient (Wildman–Crippen LogP) is 2.36. The zero-order valence-electron chi connectivity index (χ0n) is 15.7. The number of anilines is 1. The number of carbonyl (C=O) groups is 2. The fraction of sp³-hybridized carbons (Fsp3) is 0.364. The molecule has 3 N–H and O–H groups in total. The van der Waals surface area contributed by atoms with Crippen LogP contribution in [0.15, 0.2) is 48.5 Å². The molecule has 1 fully saturated rings. The summed E-state index contributed by atoms with van der Waals surface area (Å²) in [5, 5.41) is 9.22. The van der Waals surface area contributed by atoms with E-state index in [0.29, 0.717) is 30.1 Å². The van der Waals surface area contributed by atoms with Gasteiger partial charge in [0, 0.05) is 24.2 Å². The van der Waals surface area contributed by atoms with Crippen LogP contribution in [0.25, 0.3) is 0 Å². The lowest BCUT2D eigenvalue weighted by atomic mass is 9.99. The van der Waals surface area contributed by atoms with Crippen LogP contribution in [0.5, 0.6) is 5.75 Å². The lowest BCUT2D eigenvalue weighted by molar-refractivity contribution is -0.122. The molecule has 2 amide bonds. The van der Waals surface area contributed by atoms with Crippen molar-refractivity contribution in [1.82, 2.24) is 10.6 Å². The molecule has 2 aliphatic heterocycles. The summed E-state index contributed by atoms with van der Waals surface area (Å²) < 4.78 is 5.73. The van der Waals surface area contributed by atoms with E-state index >= 15 is 0 Å². The summed E-state index contributed by atoms with van der Waals surface area (Å²) in [5.74, 6) is 0.906. The largest absolute Gasteiger partial charge is 0.480 e. The molecule has 2 unspecified atom stereocenters. The second kappa shape index (κ2) is 8.44. The van der Waals surface area contributed by atoms with E-state index in [1.54, 1.807) is 24.3 Å². The molecular formula is C22H25N3O3. The Labute approximate surface area is 164 Å². The van der Waals surface area contributed by atoms with Gasteiger partial charge in [-0.15, -0.1) is 0 Å². The van der Waals surface area contributed by atoms with Crippen molar-refractivity contribution in [3.05, 3.63) is 59.7 Å². The summed E-state index contributed by atoms with van der Waals surface area (Å²) in [6.07, 6.45) is 2.29. The topological polar surface area (TPSA) is 79.5 Å². The SMILES string of the molecule is O=C(NCC1CCCNC1)c1cccc(NC(=O)C2Cc3ccccc3O2)c1. The Morgan fingerprint density at radius 3 is 2.86 bits per heavy atom. The molecule has 0 aliphatic carbocycles. The zero-order valence-corrected chi connectivity index (χ0v) is 15.7. The van der Waals surface area contributed by atoms with Gasteiger partial charge in [-0.25, -0.2) is 0 Å². The quantitative estimate of drug-likeness (QED) is 0.745. The van der Waals surface area contributed by atoms with E-state index in [1.165, 1.54) is 0 Å². The number of amides is 2. The van der Waals surface area contributed by atoms with Crippen LogP contribution < -0.4 is 20.7 Å². The molecule has 2 aliphatic rings. The summed E-state index contributed by atoms with van der Waals surface area (Å²) >= 11 is 0. The van der Waals surface area contributed by atoms with Crippen LogP contribution in [0.2, 0.25) is 0 Å². The van der Waals surface area contributed by atoms with E-state index in [0.717, 1.165) is 37.2 Å². The van der Waals surface area contributed by atoms with Crippen molar-refractivity contribution >= 4 is 17.5 Å². The Morgan fingerprint density at radius 1 is 1.14 bits per heavy atom. The van der Waals surface area contributed by atoms with Crippen LogP contribution in [0.3, 0.4) is 0 Å². The average Bonchev–Trinajstić information content (AvgIpc) is 3.17.